The molecule has 1 N–H and O–H groups in total. The van der Waals surface area contributed by atoms with Crippen LogP contribution >= 0.6 is 0 Å². The number of hydrogen-bond donors (Lipinski definition) is 1. The van der Waals surface area contributed by atoms with E-state index in [4.69, 9.17) is 9.47 Å². The van der Waals surface area contributed by atoms with Crippen molar-refractivity contribution in [2.45, 2.75) is 31.8 Å². The highest BCUT2D eigenvalue weighted by Gasteiger charge is 2.21. The van der Waals surface area contributed by atoms with Crippen molar-refractivity contribution in [2.24, 2.45) is 0 Å². The molecular weight excluding hydrogens is 270 g/mol. The summed E-state index contributed by atoms with van der Waals surface area (Å²) < 4.78 is 13.1. The zero-order chi connectivity index (χ0) is 14.1. The van der Waals surface area contributed by atoms with Crippen molar-refractivity contribution < 1.29 is 9.47 Å². The van der Waals surface area contributed by atoms with Gasteiger partial charge in [-0.05, 0) is 35.4 Å². The summed E-state index contributed by atoms with van der Waals surface area (Å²) in [5.41, 5.74) is 0.886. The van der Waals surface area contributed by atoms with Crippen LogP contribution in [-0.2, 0) is 6.54 Å². The third-order valence-electron chi connectivity index (χ3n) is 3.64. The second-order valence-corrected chi connectivity index (χ2v) is 5.34. The average Bonchev–Trinajstić information content (AvgIpc) is 3.27. The van der Waals surface area contributed by atoms with Gasteiger partial charge in [-0.2, -0.15) is 4.68 Å². The Morgan fingerprint density at radius 1 is 1.19 bits per heavy atom. The Balaban J connectivity index is 1.60. The summed E-state index contributed by atoms with van der Waals surface area (Å²) in [7, 11) is 0. The predicted molar refractivity (Wildman–Crippen MR) is 74.6 cm³/mol. The minimum Gasteiger partial charge on any atom is -0.490 e. The lowest BCUT2D eigenvalue weighted by Gasteiger charge is -2.10. The molecule has 0 radical (unpaired) electrons. The highest BCUT2D eigenvalue weighted by molar-refractivity contribution is 5.49. The number of nitrogens with one attached hydrogen (secondary N) is 1. The standard InChI is InChI=1S/C14H17N5O2/c1-6-20-12-5-4-11(8-13(12)21-7-1)19-14(16-17-18-19)9-15-10-2-3-10/h4-5,8,10,15H,1-3,6-7,9H2. The van der Waals surface area contributed by atoms with E-state index in [2.05, 4.69) is 20.8 Å². The second-order valence-electron chi connectivity index (χ2n) is 5.34. The molecule has 0 amide bonds. The van der Waals surface area contributed by atoms with E-state index in [-0.39, 0.29) is 0 Å². The lowest BCUT2D eigenvalue weighted by Crippen LogP contribution is -2.18. The van der Waals surface area contributed by atoms with Crippen LogP contribution in [0.3, 0.4) is 0 Å². The summed E-state index contributed by atoms with van der Waals surface area (Å²) in [6.07, 6.45) is 3.38. The number of aromatic nitrogens is 4. The molecule has 0 spiro atoms. The normalized spacial score (nSPS) is 17.5. The monoisotopic (exact) mass is 287 g/mol. The minimum absolute atomic E-state index is 0.624. The van der Waals surface area contributed by atoms with E-state index in [1.807, 2.05) is 18.2 Å². The SMILES string of the molecule is c1cc2c(cc1-n1nnnc1CNC1CC1)OCCCO2. The number of tetrazole rings is 1. The fourth-order valence-corrected chi connectivity index (χ4v) is 2.32. The molecule has 2 aliphatic rings. The Kier molecular flexibility index (Phi) is 3.19. The van der Waals surface area contributed by atoms with Gasteiger partial charge in [0.1, 0.15) is 0 Å². The van der Waals surface area contributed by atoms with Crippen molar-refractivity contribution in [1.29, 1.82) is 0 Å². The Bertz CT molecular complexity index is 638. The number of ether oxygens (including phenoxy) is 2. The van der Waals surface area contributed by atoms with Gasteiger partial charge in [0.15, 0.2) is 17.3 Å². The van der Waals surface area contributed by atoms with Crippen molar-refractivity contribution in [3.63, 3.8) is 0 Å². The maximum atomic E-state index is 5.71. The summed E-state index contributed by atoms with van der Waals surface area (Å²) in [6.45, 7) is 2.03. The van der Waals surface area contributed by atoms with Gasteiger partial charge in [0, 0.05) is 18.5 Å². The van der Waals surface area contributed by atoms with E-state index in [0.29, 0.717) is 25.8 Å². The zero-order valence-electron chi connectivity index (χ0n) is 11.7. The molecule has 1 fully saturated rings. The summed E-state index contributed by atoms with van der Waals surface area (Å²) in [4.78, 5) is 0. The quantitative estimate of drug-likeness (QED) is 0.907. The molecule has 1 aromatic carbocycles. The Morgan fingerprint density at radius 2 is 2.05 bits per heavy atom. The maximum Gasteiger partial charge on any atom is 0.170 e. The van der Waals surface area contributed by atoms with Crippen LogP contribution in [-0.4, -0.2) is 39.5 Å². The van der Waals surface area contributed by atoms with Gasteiger partial charge in [-0.15, -0.1) is 5.10 Å². The minimum atomic E-state index is 0.624. The second kappa shape index (κ2) is 5.33. The van der Waals surface area contributed by atoms with E-state index >= 15 is 0 Å². The molecule has 2 heterocycles. The summed E-state index contributed by atoms with van der Waals surface area (Å²) in [5.74, 6) is 2.33. The molecule has 1 saturated carbocycles. The fourth-order valence-electron chi connectivity index (χ4n) is 2.32. The van der Waals surface area contributed by atoms with E-state index < -0.39 is 0 Å². The Morgan fingerprint density at radius 3 is 2.90 bits per heavy atom. The highest BCUT2D eigenvalue weighted by atomic mass is 16.5. The lowest BCUT2D eigenvalue weighted by atomic mass is 10.2. The molecule has 0 unspecified atom stereocenters. The molecule has 0 bridgehead atoms. The molecule has 0 atom stereocenters. The topological polar surface area (TPSA) is 74.1 Å². The molecule has 21 heavy (non-hydrogen) atoms. The first-order valence-corrected chi connectivity index (χ1v) is 7.31. The zero-order valence-corrected chi connectivity index (χ0v) is 11.7. The largest absolute Gasteiger partial charge is 0.490 e. The number of nitrogens with zero attached hydrogens (tertiary/aromatic N) is 4. The van der Waals surface area contributed by atoms with Gasteiger partial charge in [0.25, 0.3) is 0 Å². The van der Waals surface area contributed by atoms with Gasteiger partial charge in [-0.25, -0.2) is 0 Å². The van der Waals surface area contributed by atoms with Crippen molar-refractivity contribution in [3.8, 4) is 17.2 Å². The van der Waals surface area contributed by atoms with Crippen molar-refractivity contribution in [3.05, 3.63) is 24.0 Å². The summed E-state index contributed by atoms with van der Waals surface area (Å²) in [6, 6.07) is 6.41. The summed E-state index contributed by atoms with van der Waals surface area (Å²) in [5, 5.41) is 15.4. The molecule has 0 saturated heterocycles. The number of benzene rings is 1. The van der Waals surface area contributed by atoms with Crippen LogP contribution in [0.4, 0.5) is 0 Å². The van der Waals surface area contributed by atoms with Crippen LogP contribution < -0.4 is 14.8 Å². The molecule has 1 aliphatic heterocycles. The van der Waals surface area contributed by atoms with Crippen molar-refractivity contribution in [1.82, 2.24) is 25.5 Å². The van der Waals surface area contributed by atoms with Gasteiger partial charge in [0.2, 0.25) is 0 Å². The molecule has 2 aromatic rings. The Hall–Kier alpha value is -2.15. The van der Waals surface area contributed by atoms with Gasteiger partial charge in [-0.3, -0.25) is 0 Å². The van der Waals surface area contributed by atoms with Crippen LogP contribution in [0, 0.1) is 0 Å². The van der Waals surface area contributed by atoms with Crippen molar-refractivity contribution in [2.75, 3.05) is 13.2 Å². The number of hydrogen-bond acceptors (Lipinski definition) is 6. The van der Waals surface area contributed by atoms with Crippen molar-refractivity contribution >= 4 is 0 Å². The van der Waals surface area contributed by atoms with Crippen LogP contribution in [0.1, 0.15) is 25.1 Å². The molecule has 1 aromatic heterocycles. The fraction of sp³-hybridized carbons (Fsp3) is 0.500. The Labute approximate surface area is 122 Å². The number of fused-ring (bicyclic) bond motifs is 1. The average molecular weight is 287 g/mol. The third-order valence-corrected chi connectivity index (χ3v) is 3.64. The van der Waals surface area contributed by atoms with E-state index in [9.17, 15) is 0 Å². The van der Waals surface area contributed by atoms with Gasteiger partial charge in [0.05, 0.1) is 25.4 Å². The van der Waals surface area contributed by atoms with E-state index in [1.54, 1.807) is 4.68 Å². The van der Waals surface area contributed by atoms with Crippen LogP contribution in [0.5, 0.6) is 11.5 Å². The molecule has 1 aliphatic carbocycles. The molecule has 7 heteroatoms. The van der Waals surface area contributed by atoms with E-state index in [1.165, 1.54) is 12.8 Å². The smallest absolute Gasteiger partial charge is 0.170 e. The maximum absolute atomic E-state index is 5.71. The predicted octanol–water partition coefficient (Wildman–Crippen LogP) is 1.08. The van der Waals surface area contributed by atoms with Crippen LogP contribution in [0.2, 0.25) is 0 Å². The third kappa shape index (κ3) is 2.69. The first kappa shape index (κ1) is 12.6. The molecule has 110 valence electrons. The van der Waals surface area contributed by atoms with E-state index in [0.717, 1.165) is 29.4 Å². The van der Waals surface area contributed by atoms with Gasteiger partial charge >= 0.3 is 0 Å². The lowest BCUT2D eigenvalue weighted by molar-refractivity contribution is 0.297. The molecule has 7 nitrogen and oxygen atoms in total. The first-order chi connectivity index (χ1) is 10.4. The van der Waals surface area contributed by atoms with Crippen LogP contribution in [0.25, 0.3) is 5.69 Å². The summed E-state index contributed by atoms with van der Waals surface area (Å²) >= 11 is 0. The molecule has 4 rings (SSSR count). The van der Waals surface area contributed by atoms with Crippen LogP contribution in [0.15, 0.2) is 18.2 Å². The van der Waals surface area contributed by atoms with Gasteiger partial charge in [-0.1, -0.05) is 0 Å². The van der Waals surface area contributed by atoms with Gasteiger partial charge < -0.3 is 14.8 Å². The number of rotatable bonds is 4. The highest BCUT2D eigenvalue weighted by Crippen LogP contribution is 2.31. The first-order valence-electron chi connectivity index (χ1n) is 7.31. The molecular formula is C14H17N5O2.